The van der Waals surface area contributed by atoms with Crippen molar-refractivity contribution >= 4 is 45.6 Å². The molecule has 5 nitrogen and oxygen atoms in total. The van der Waals surface area contributed by atoms with Gasteiger partial charge in [-0.25, -0.2) is 13.6 Å². The number of amides is 1. The molecule has 0 aliphatic heterocycles. The van der Waals surface area contributed by atoms with Gasteiger partial charge in [0.1, 0.15) is 28.8 Å². The highest BCUT2D eigenvalue weighted by Crippen LogP contribution is 2.36. The quantitative estimate of drug-likeness (QED) is 0.176. The fourth-order valence-corrected chi connectivity index (χ4v) is 6.00. The number of carbonyl (C=O) groups excluding carboxylic acids is 1. The van der Waals surface area contributed by atoms with Gasteiger partial charge in [-0.1, -0.05) is 84.9 Å². The summed E-state index contributed by atoms with van der Waals surface area (Å²) in [6.07, 6.45) is 0. The summed E-state index contributed by atoms with van der Waals surface area (Å²) in [5.74, 6) is -3.42. The van der Waals surface area contributed by atoms with E-state index in [2.05, 4.69) is 47.8 Å². The van der Waals surface area contributed by atoms with Gasteiger partial charge in [-0.3, -0.25) is 4.79 Å². The van der Waals surface area contributed by atoms with Gasteiger partial charge in [-0.15, -0.1) is 0 Å². The van der Waals surface area contributed by atoms with Crippen LogP contribution in [0.5, 0.6) is 0 Å². The molecule has 0 aliphatic carbocycles. The lowest BCUT2D eigenvalue weighted by atomic mass is 9.98. The van der Waals surface area contributed by atoms with Gasteiger partial charge in [-0.2, -0.15) is 11.8 Å². The van der Waals surface area contributed by atoms with Crippen molar-refractivity contribution in [2.24, 2.45) is 0 Å². The van der Waals surface area contributed by atoms with Crippen LogP contribution in [0.1, 0.15) is 15.9 Å². The molecule has 8 heteroatoms. The monoisotopic (exact) mass is 593 g/mol. The maximum Gasteiger partial charge on any atom is 0.327 e. The van der Waals surface area contributed by atoms with Crippen LogP contribution in [-0.2, 0) is 10.5 Å². The summed E-state index contributed by atoms with van der Waals surface area (Å²) in [7, 11) is 0. The Labute approximate surface area is 250 Å². The summed E-state index contributed by atoms with van der Waals surface area (Å²) in [6.45, 7) is 0. The van der Waals surface area contributed by atoms with E-state index in [1.165, 1.54) is 11.8 Å². The maximum absolute atomic E-state index is 13.9. The Hall–Kier alpha value is -4.95. The molecule has 0 fully saturated rings. The molecule has 6 rings (SSSR count). The molecule has 0 saturated heterocycles. The first-order valence-corrected chi connectivity index (χ1v) is 14.7. The Bertz CT molecular complexity index is 1950. The highest BCUT2D eigenvalue weighted by atomic mass is 32.2. The molecule has 0 radical (unpaired) electrons. The van der Waals surface area contributed by atoms with Gasteiger partial charge in [-0.05, 0) is 40.5 Å². The Kier molecular flexibility index (Phi) is 7.94. The van der Waals surface area contributed by atoms with E-state index in [1.807, 2.05) is 48.5 Å². The van der Waals surface area contributed by atoms with E-state index in [0.717, 1.165) is 61.9 Å². The molecule has 2 N–H and O–H groups in total. The lowest BCUT2D eigenvalue weighted by molar-refractivity contribution is -0.138. The van der Waals surface area contributed by atoms with Crippen molar-refractivity contribution in [3.63, 3.8) is 0 Å². The zero-order chi connectivity index (χ0) is 29.9. The van der Waals surface area contributed by atoms with E-state index in [1.54, 1.807) is 0 Å². The zero-order valence-corrected chi connectivity index (χ0v) is 23.5. The van der Waals surface area contributed by atoms with Crippen molar-refractivity contribution in [1.29, 1.82) is 0 Å². The highest BCUT2D eigenvalue weighted by Gasteiger charge is 2.22. The minimum atomic E-state index is -1.24. The number of hydrogen-bond donors (Lipinski definition) is 2. The number of nitrogens with one attached hydrogen (secondary N) is 1. The maximum atomic E-state index is 13.9. The number of carbonyl (C=O) groups is 2. The molecule has 0 spiro atoms. The van der Waals surface area contributed by atoms with Crippen LogP contribution in [0, 0.1) is 11.6 Å². The van der Waals surface area contributed by atoms with Gasteiger partial charge in [0.15, 0.2) is 0 Å². The lowest BCUT2D eigenvalue weighted by Gasteiger charge is -2.15. The van der Waals surface area contributed by atoms with Gasteiger partial charge in [0, 0.05) is 33.9 Å². The first kappa shape index (κ1) is 28.2. The predicted molar refractivity (Wildman–Crippen MR) is 166 cm³/mol. The van der Waals surface area contributed by atoms with Crippen molar-refractivity contribution in [1.82, 2.24) is 5.32 Å². The number of aliphatic carboxylic acids is 1. The summed E-state index contributed by atoms with van der Waals surface area (Å²) < 4.78 is 33.2. The molecular weight excluding hydrogens is 568 g/mol. The number of para-hydroxylation sites is 2. The number of halogens is 2. The third-order valence-corrected chi connectivity index (χ3v) is 8.33. The summed E-state index contributed by atoms with van der Waals surface area (Å²) in [4.78, 5) is 24.0. The SMILES string of the molecule is O=C(N[C@@H](CSCc1ccc(-c2ccc(-c3cccc4c3oc3ccccc34)cc2)cc1)C(=O)O)c1ccc(F)cc1F. The normalized spacial score (nSPS) is 12.0. The topological polar surface area (TPSA) is 79.5 Å². The molecule has 1 atom stereocenters. The number of carboxylic acid groups (broad SMARTS) is 1. The van der Waals surface area contributed by atoms with Crippen LogP contribution in [-0.4, -0.2) is 28.8 Å². The third-order valence-electron chi connectivity index (χ3n) is 7.22. The van der Waals surface area contributed by atoms with Crippen LogP contribution in [0.2, 0.25) is 0 Å². The number of thioether (sulfide) groups is 1. The zero-order valence-electron chi connectivity index (χ0n) is 22.7. The predicted octanol–water partition coefficient (Wildman–Crippen LogP) is 8.31. The Morgan fingerprint density at radius 3 is 2.19 bits per heavy atom. The van der Waals surface area contributed by atoms with E-state index in [0.29, 0.717) is 11.8 Å². The van der Waals surface area contributed by atoms with Crippen LogP contribution in [0.15, 0.2) is 114 Å². The van der Waals surface area contributed by atoms with Crippen LogP contribution in [0.3, 0.4) is 0 Å². The number of benzene rings is 5. The minimum Gasteiger partial charge on any atom is -0.480 e. The fraction of sp³-hybridized carbons (Fsp3) is 0.0857. The summed E-state index contributed by atoms with van der Waals surface area (Å²) >= 11 is 1.33. The molecular formula is C35H25F2NO4S. The number of furan rings is 1. The Morgan fingerprint density at radius 2 is 1.47 bits per heavy atom. The van der Waals surface area contributed by atoms with Gasteiger partial charge in [0.2, 0.25) is 0 Å². The molecule has 6 aromatic rings. The average molecular weight is 594 g/mol. The Balaban J connectivity index is 1.09. The molecule has 1 amide bonds. The second-order valence-corrected chi connectivity index (χ2v) is 11.1. The van der Waals surface area contributed by atoms with Gasteiger partial charge >= 0.3 is 5.97 Å². The van der Waals surface area contributed by atoms with Crippen molar-refractivity contribution in [3.05, 3.63) is 132 Å². The van der Waals surface area contributed by atoms with E-state index < -0.39 is 35.1 Å². The van der Waals surface area contributed by atoms with Gasteiger partial charge in [0.25, 0.3) is 5.91 Å². The highest BCUT2D eigenvalue weighted by molar-refractivity contribution is 7.98. The molecule has 1 aromatic heterocycles. The summed E-state index contributed by atoms with van der Waals surface area (Å²) in [5.41, 5.74) is 6.50. The molecule has 0 bridgehead atoms. The van der Waals surface area contributed by atoms with E-state index in [-0.39, 0.29) is 5.75 Å². The first-order valence-electron chi connectivity index (χ1n) is 13.5. The standard InChI is InChI=1S/C35H25F2NO4S/c36-25-16-17-29(30(37)18-25)34(39)38-31(35(40)41)20-43-19-21-8-10-22(11-9-21)23-12-14-24(15-13-23)26-5-3-6-28-27-4-1-2-7-32(27)42-33(26)28/h1-18,31H,19-20H2,(H,38,39)(H,40,41)/t31-/m0/s1. The number of rotatable bonds is 9. The second kappa shape index (κ2) is 12.1. The fourth-order valence-electron chi connectivity index (χ4n) is 4.99. The number of carboxylic acids is 1. The van der Waals surface area contributed by atoms with E-state index in [9.17, 15) is 23.5 Å². The van der Waals surface area contributed by atoms with Crippen LogP contribution < -0.4 is 5.32 Å². The van der Waals surface area contributed by atoms with Crippen LogP contribution >= 0.6 is 11.8 Å². The van der Waals surface area contributed by atoms with Crippen LogP contribution in [0.25, 0.3) is 44.2 Å². The smallest absolute Gasteiger partial charge is 0.327 e. The van der Waals surface area contributed by atoms with Crippen molar-refractivity contribution in [3.8, 4) is 22.3 Å². The molecule has 1 heterocycles. The average Bonchev–Trinajstić information content (AvgIpc) is 3.40. The summed E-state index contributed by atoms with van der Waals surface area (Å²) in [6, 6.07) is 31.8. The molecule has 214 valence electrons. The van der Waals surface area contributed by atoms with E-state index >= 15 is 0 Å². The van der Waals surface area contributed by atoms with E-state index in [4.69, 9.17) is 4.42 Å². The molecule has 0 aliphatic rings. The molecule has 0 unspecified atom stereocenters. The van der Waals surface area contributed by atoms with Gasteiger partial charge in [0.05, 0.1) is 5.56 Å². The van der Waals surface area contributed by atoms with Crippen molar-refractivity contribution in [2.75, 3.05) is 5.75 Å². The minimum absolute atomic E-state index is 0.0745. The van der Waals surface area contributed by atoms with Crippen molar-refractivity contribution in [2.45, 2.75) is 11.8 Å². The molecule has 43 heavy (non-hydrogen) atoms. The van der Waals surface area contributed by atoms with Crippen molar-refractivity contribution < 1.29 is 27.9 Å². The molecule has 5 aromatic carbocycles. The first-order chi connectivity index (χ1) is 20.9. The van der Waals surface area contributed by atoms with Gasteiger partial charge < -0.3 is 14.8 Å². The molecule has 0 saturated carbocycles. The third kappa shape index (κ3) is 6.01. The largest absolute Gasteiger partial charge is 0.480 e. The number of fused-ring (bicyclic) bond motifs is 3. The second-order valence-electron chi connectivity index (χ2n) is 10.1. The Morgan fingerprint density at radius 1 is 0.791 bits per heavy atom. The number of hydrogen-bond acceptors (Lipinski definition) is 4. The van der Waals surface area contributed by atoms with Crippen LogP contribution in [0.4, 0.5) is 8.78 Å². The lowest BCUT2D eigenvalue weighted by Crippen LogP contribution is -2.42. The summed E-state index contributed by atoms with van der Waals surface area (Å²) in [5, 5.41) is 14.0.